The molecule has 1 aromatic carbocycles. The molecule has 21 heavy (non-hydrogen) atoms. The van der Waals surface area contributed by atoms with Crippen molar-refractivity contribution >= 4 is 0 Å². The lowest BCUT2D eigenvalue weighted by atomic mass is 10.00. The maximum Gasteiger partial charge on any atom is 0.164 e. The van der Waals surface area contributed by atoms with Crippen LogP contribution in [0.3, 0.4) is 0 Å². The molecule has 118 valence electrons. The smallest absolute Gasteiger partial charge is 0.164 e. The summed E-state index contributed by atoms with van der Waals surface area (Å²) in [5.41, 5.74) is 1.21. The molecule has 0 fully saturated rings. The summed E-state index contributed by atoms with van der Waals surface area (Å²) in [7, 11) is 3.33. The number of benzene rings is 1. The molecule has 4 heteroatoms. The molecule has 0 N–H and O–H groups in total. The highest BCUT2D eigenvalue weighted by atomic mass is 16.5. The number of nitrogens with zero attached hydrogens (tertiary/aromatic N) is 1. The summed E-state index contributed by atoms with van der Waals surface area (Å²) in [5.74, 6) is 2.43. The van der Waals surface area contributed by atoms with E-state index >= 15 is 0 Å². The van der Waals surface area contributed by atoms with Gasteiger partial charge in [-0.1, -0.05) is 13.8 Å². The molecule has 0 radical (unpaired) electrons. The second-order valence-electron chi connectivity index (χ2n) is 5.52. The number of fused-ring (bicyclic) bond motifs is 1. The van der Waals surface area contributed by atoms with Gasteiger partial charge < -0.3 is 14.2 Å². The quantitative estimate of drug-likeness (QED) is 0.773. The van der Waals surface area contributed by atoms with E-state index in [0.29, 0.717) is 6.04 Å². The third-order valence-corrected chi connectivity index (χ3v) is 3.99. The Balaban J connectivity index is 2.18. The van der Waals surface area contributed by atoms with Crippen LogP contribution in [-0.2, 0) is 6.42 Å². The Morgan fingerprint density at radius 2 is 1.71 bits per heavy atom. The monoisotopic (exact) mass is 293 g/mol. The van der Waals surface area contributed by atoms with Gasteiger partial charge in [-0.3, -0.25) is 4.90 Å². The van der Waals surface area contributed by atoms with Crippen molar-refractivity contribution in [1.29, 1.82) is 0 Å². The highest BCUT2D eigenvalue weighted by molar-refractivity contribution is 5.51. The van der Waals surface area contributed by atoms with E-state index < -0.39 is 0 Å². The molecule has 1 atom stereocenters. The van der Waals surface area contributed by atoms with Crippen LogP contribution in [0.5, 0.6) is 17.2 Å². The predicted molar refractivity (Wildman–Crippen MR) is 84.7 cm³/mol. The molecule has 4 nitrogen and oxygen atoms in total. The molecule has 1 unspecified atom stereocenters. The highest BCUT2D eigenvalue weighted by Gasteiger charge is 2.26. The fourth-order valence-corrected chi connectivity index (χ4v) is 2.98. The minimum absolute atomic E-state index is 0.454. The van der Waals surface area contributed by atoms with Gasteiger partial charge in [-0.2, -0.15) is 0 Å². The molecule has 0 aromatic heterocycles. The van der Waals surface area contributed by atoms with Crippen molar-refractivity contribution in [3.05, 3.63) is 17.7 Å². The van der Waals surface area contributed by atoms with Gasteiger partial charge in [-0.15, -0.1) is 0 Å². The zero-order valence-electron chi connectivity index (χ0n) is 13.6. The van der Waals surface area contributed by atoms with Crippen LogP contribution in [0.1, 0.15) is 32.3 Å². The van der Waals surface area contributed by atoms with Crippen LogP contribution in [0.25, 0.3) is 0 Å². The highest BCUT2D eigenvalue weighted by Crippen LogP contribution is 2.37. The van der Waals surface area contributed by atoms with Crippen molar-refractivity contribution in [2.24, 2.45) is 0 Å². The normalized spacial score (nSPS) is 17.3. The standard InChI is InChI=1S/C17H27NO3/c1-5-7-18(8-6-2)14-9-13-10-16(19-3)17(20-4)11-15(13)21-12-14/h10-11,14H,5-9,12H2,1-4H3. The lowest BCUT2D eigenvalue weighted by Gasteiger charge is -2.35. The first kappa shape index (κ1) is 16.0. The Morgan fingerprint density at radius 1 is 1.10 bits per heavy atom. The molecule has 2 rings (SSSR count). The van der Waals surface area contributed by atoms with E-state index in [0.717, 1.165) is 43.4 Å². The van der Waals surface area contributed by atoms with E-state index in [4.69, 9.17) is 14.2 Å². The van der Waals surface area contributed by atoms with Crippen LogP contribution >= 0.6 is 0 Å². The zero-order chi connectivity index (χ0) is 15.2. The van der Waals surface area contributed by atoms with Gasteiger partial charge in [-0.25, -0.2) is 0 Å². The molecule has 1 heterocycles. The van der Waals surface area contributed by atoms with Crippen LogP contribution in [0.2, 0.25) is 0 Å². The van der Waals surface area contributed by atoms with E-state index in [1.165, 1.54) is 18.4 Å². The molecule has 1 aliphatic heterocycles. The first-order valence-corrected chi connectivity index (χ1v) is 7.85. The van der Waals surface area contributed by atoms with Gasteiger partial charge in [0, 0.05) is 12.1 Å². The fraction of sp³-hybridized carbons (Fsp3) is 0.647. The molecular formula is C17H27NO3. The summed E-state index contributed by atoms with van der Waals surface area (Å²) in [5, 5.41) is 0. The molecular weight excluding hydrogens is 266 g/mol. The van der Waals surface area contributed by atoms with E-state index in [1.807, 2.05) is 6.07 Å². The lowest BCUT2D eigenvalue weighted by molar-refractivity contribution is 0.118. The number of hydrogen-bond donors (Lipinski definition) is 0. The van der Waals surface area contributed by atoms with Gasteiger partial charge in [0.15, 0.2) is 11.5 Å². The topological polar surface area (TPSA) is 30.9 Å². The predicted octanol–water partition coefficient (Wildman–Crippen LogP) is 3.13. The van der Waals surface area contributed by atoms with Crippen LogP contribution < -0.4 is 14.2 Å². The number of hydrogen-bond acceptors (Lipinski definition) is 4. The number of methoxy groups -OCH3 is 2. The second-order valence-corrected chi connectivity index (χ2v) is 5.52. The Bertz CT molecular complexity index is 456. The van der Waals surface area contributed by atoms with Crippen LogP contribution in [-0.4, -0.2) is 44.9 Å². The SMILES string of the molecule is CCCN(CCC)C1COc2cc(OC)c(OC)cc2C1. The van der Waals surface area contributed by atoms with E-state index in [-0.39, 0.29) is 0 Å². The summed E-state index contributed by atoms with van der Waals surface area (Å²) >= 11 is 0. The van der Waals surface area contributed by atoms with Gasteiger partial charge in [0.05, 0.1) is 14.2 Å². The molecule has 0 amide bonds. The minimum Gasteiger partial charge on any atom is -0.493 e. The molecule has 0 bridgehead atoms. The average molecular weight is 293 g/mol. The van der Waals surface area contributed by atoms with Gasteiger partial charge in [-0.05, 0) is 44.0 Å². The minimum atomic E-state index is 0.454. The Kier molecular flexibility index (Phi) is 5.74. The summed E-state index contributed by atoms with van der Waals surface area (Å²) in [6.45, 7) is 7.47. The summed E-state index contributed by atoms with van der Waals surface area (Å²) < 4.78 is 16.7. The van der Waals surface area contributed by atoms with Gasteiger partial charge in [0.25, 0.3) is 0 Å². The van der Waals surface area contributed by atoms with E-state index in [1.54, 1.807) is 14.2 Å². The Labute approximate surface area is 128 Å². The summed E-state index contributed by atoms with van der Waals surface area (Å²) in [4.78, 5) is 2.54. The Morgan fingerprint density at radius 3 is 2.29 bits per heavy atom. The van der Waals surface area contributed by atoms with Crippen molar-refractivity contribution < 1.29 is 14.2 Å². The van der Waals surface area contributed by atoms with E-state index in [2.05, 4.69) is 24.8 Å². The fourth-order valence-electron chi connectivity index (χ4n) is 2.98. The van der Waals surface area contributed by atoms with Crippen LogP contribution in [0, 0.1) is 0 Å². The van der Waals surface area contributed by atoms with Crippen molar-refractivity contribution in [2.45, 2.75) is 39.2 Å². The Hall–Kier alpha value is -1.42. The first-order chi connectivity index (χ1) is 10.2. The largest absolute Gasteiger partial charge is 0.493 e. The van der Waals surface area contributed by atoms with Gasteiger partial charge in [0.1, 0.15) is 12.4 Å². The average Bonchev–Trinajstić information content (AvgIpc) is 2.52. The van der Waals surface area contributed by atoms with Crippen molar-refractivity contribution in [1.82, 2.24) is 4.90 Å². The number of ether oxygens (including phenoxy) is 3. The first-order valence-electron chi connectivity index (χ1n) is 7.85. The maximum atomic E-state index is 5.97. The van der Waals surface area contributed by atoms with Gasteiger partial charge >= 0.3 is 0 Å². The zero-order valence-corrected chi connectivity index (χ0v) is 13.6. The molecule has 0 saturated carbocycles. The van der Waals surface area contributed by atoms with Crippen LogP contribution in [0.15, 0.2) is 12.1 Å². The van der Waals surface area contributed by atoms with Crippen molar-refractivity contribution in [2.75, 3.05) is 33.9 Å². The van der Waals surface area contributed by atoms with E-state index in [9.17, 15) is 0 Å². The molecule has 1 aromatic rings. The van der Waals surface area contributed by atoms with Crippen LogP contribution in [0.4, 0.5) is 0 Å². The van der Waals surface area contributed by atoms with Crippen molar-refractivity contribution in [3.8, 4) is 17.2 Å². The van der Waals surface area contributed by atoms with Crippen molar-refractivity contribution in [3.63, 3.8) is 0 Å². The lowest BCUT2D eigenvalue weighted by Crippen LogP contribution is -2.44. The molecule has 0 saturated heterocycles. The summed E-state index contributed by atoms with van der Waals surface area (Å²) in [6, 6.07) is 4.45. The molecule has 1 aliphatic rings. The number of rotatable bonds is 7. The van der Waals surface area contributed by atoms with Gasteiger partial charge in [0.2, 0.25) is 0 Å². The third kappa shape index (κ3) is 3.62. The maximum absolute atomic E-state index is 5.97. The molecule has 0 spiro atoms. The molecule has 0 aliphatic carbocycles. The summed E-state index contributed by atoms with van der Waals surface area (Å²) in [6.07, 6.45) is 3.36. The third-order valence-electron chi connectivity index (χ3n) is 3.99. The second kappa shape index (κ2) is 7.55.